The lowest BCUT2D eigenvalue weighted by molar-refractivity contribution is -0.277. The van der Waals surface area contributed by atoms with E-state index in [1.807, 2.05) is 0 Å². The van der Waals surface area contributed by atoms with E-state index in [0.717, 1.165) is 16.5 Å². The Balaban J connectivity index is 1.62. The lowest BCUT2D eigenvalue weighted by Gasteiger charge is -2.21. The molecule has 34 heavy (non-hydrogen) atoms. The maximum absolute atomic E-state index is 15.1. The van der Waals surface area contributed by atoms with E-state index >= 15 is 8.78 Å². The monoisotopic (exact) mass is 517 g/mol. The molecule has 2 aromatic heterocycles. The predicted molar refractivity (Wildman–Crippen MR) is 115 cm³/mol. The summed E-state index contributed by atoms with van der Waals surface area (Å²) in [4.78, 5) is 0. The average Bonchev–Trinajstić information content (AvgIpc) is 3.17. The van der Waals surface area contributed by atoms with Gasteiger partial charge in [-0.15, -0.1) is 23.4 Å². The van der Waals surface area contributed by atoms with Crippen LogP contribution in [0.25, 0.3) is 16.8 Å². The maximum Gasteiger partial charge on any atom is 0.573 e. The molecule has 178 valence electrons. The van der Waals surface area contributed by atoms with Gasteiger partial charge in [0, 0.05) is 16.2 Å². The lowest BCUT2D eigenvalue weighted by atomic mass is 10.1. The first kappa shape index (κ1) is 24.2. The van der Waals surface area contributed by atoms with Crippen LogP contribution >= 0.6 is 23.2 Å². The van der Waals surface area contributed by atoms with E-state index in [9.17, 15) is 13.2 Å². The first-order chi connectivity index (χ1) is 15.9. The molecule has 1 atom stereocenters. The fourth-order valence-electron chi connectivity index (χ4n) is 3.28. The second kappa shape index (κ2) is 9.01. The van der Waals surface area contributed by atoms with Crippen molar-refractivity contribution in [2.75, 3.05) is 0 Å². The molecule has 4 aromatic rings. The van der Waals surface area contributed by atoms with E-state index in [4.69, 9.17) is 27.9 Å². The largest absolute Gasteiger partial charge is 0.573 e. The summed E-state index contributed by atoms with van der Waals surface area (Å²) in [7, 11) is 0. The van der Waals surface area contributed by atoms with Crippen LogP contribution in [0.15, 0.2) is 60.8 Å². The summed E-state index contributed by atoms with van der Waals surface area (Å²) in [5.41, 5.74) is 1.32. The Morgan fingerprint density at radius 2 is 1.56 bits per heavy atom. The Morgan fingerprint density at radius 1 is 0.882 bits per heavy atom. The van der Waals surface area contributed by atoms with Crippen molar-refractivity contribution in [1.82, 2.24) is 14.6 Å². The summed E-state index contributed by atoms with van der Waals surface area (Å²) >= 11 is 11.9. The molecule has 0 bridgehead atoms. The number of pyridine rings is 1. The van der Waals surface area contributed by atoms with Crippen molar-refractivity contribution in [3.8, 4) is 16.9 Å². The highest BCUT2D eigenvalue weighted by atomic mass is 35.5. The van der Waals surface area contributed by atoms with Gasteiger partial charge < -0.3 is 9.47 Å². The summed E-state index contributed by atoms with van der Waals surface area (Å²) in [6, 6.07) is 12.4. The van der Waals surface area contributed by atoms with Crippen LogP contribution in [0.1, 0.15) is 24.4 Å². The fraction of sp³-hybridized carbons (Fsp3) is 0.182. The first-order valence-electron chi connectivity index (χ1n) is 9.65. The molecule has 0 saturated carbocycles. The molecule has 0 aliphatic rings. The summed E-state index contributed by atoms with van der Waals surface area (Å²) in [5, 5.41) is 7.84. The van der Waals surface area contributed by atoms with Gasteiger partial charge in [-0.2, -0.15) is 8.78 Å². The molecule has 0 fully saturated rings. The minimum absolute atomic E-state index is 0.122. The van der Waals surface area contributed by atoms with Crippen molar-refractivity contribution in [3.63, 3.8) is 0 Å². The molecule has 4 rings (SSSR count). The number of nitrogens with zero attached hydrogens (tertiary/aromatic N) is 3. The van der Waals surface area contributed by atoms with E-state index in [1.54, 1.807) is 6.07 Å². The van der Waals surface area contributed by atoms with Crippen LogP contribution in [0.5, 0.6) is 5.75 Å². The van der Waals surface area contributed by atoms with Crippen LogP contribution in [-0.4, -0.2) is 21.0 Å². The Hall–Kier alpha value is -2.95. The van der Waals surface area contributed by atoms with Gasteiger partial charge in [0.15, 0.2) is 5.65 Å². The van der Waals surface area contributed by atoms with E-state index in [0.29, 0.717) is 21.7 Å². The van der Waals surface area contributed by atoms with Crippen molar-refractivity contribution >= 4 is 28.8 Å². The fourth-order valence-corrected chi connectivity index (χ4v) is 3.84. The van der Waals surface area contributed by atoms with E-state index < -0.39 is 30.1 Å². The van der Waals surface area contributed by atoms with Gasteiger partial charge in [-0.1, -0.05) is 41.4 Å². The Bertz CT molecular complexity index is 1330. The van der Waals surface area contributed by atoms with Crippen molar-refractivity contribution in [2.45, 2.75) is 25.5 Å². The minimum Gasteiger partial charge on any atom is -0.406 e. The second-order valence-electron chi connectivity index (χ2n) is 7.18. The predicted octanol–water partition coefficient (Wildman–Crippen LogP) is 7.43. The van der Waals surface area contributed by atoms with Crippen molar-refractivity contribution in [1.29, 1.82) is 0 Å². The second-order valence-corrected chi connectivity index (χ2v) is 8.03. The van der Waals surface area contributed by atoms with Gasteiger partial charge in [-0.05, 0) is 60.0 Å². The molecular weight excluding hydrogens is 504 g/mol. The quantitative estimate of drug-likeness (QED) is 0.249. The van der Waals surface area contributed by atoms with Gasteiger partial charge in [0.25, 0.3) is 0 Å². The molecule has 12 heteroatoms. The molecule has 0 saturated heterocycles. The standard InChI is InChI=1S/C22H14Cl2F5N3O2/c1-12(17-8-5-15(23)10-18(17)24)33-21(25,26)20-31-30-19-9-4-14(11-32(19)20)13-2-6-16(7-3-13)34-22(27,28)29/h2-12H,1H3. The van der Waals surface area contributed by atoms with Gasteiger partial charge in [0.1, 0.15) is 5.75 Å². The number of hydrogen-bond donors (Lipinski definition) is 0. The van der Waals surface area contributed by atoms with E-state index in [-0.39, 0.29) is 10.7 Å². The topological polar surface area (TPSA) is 48.7 Å². The molecule has 0 amide bonds. The lowest BCUT2D eigenvalue weighted by Crippen LogP contribution is -2.23. The van der Waals surface area contributed by atoms with Gasteiger partial charge in [0.05, 0.1) is 6.10 Å². The van der Waals surface area contributed by atoms with Crippen molar-refractivity contribution in [3.05, 3.63) is 82.2 Å². The third kappa shape index (κ3) is 5.24. The van der Waals surface area contributed by atoms with E-state index in [1.165, 1.54) is 49.5 Å². The number of halogens is 7. The number of rotatable bonds is 6. The van der Waals surface area contributed by atoms with Crippen LogP contribution < -0.4 is 4.74 Å². The molecule has 0 aliphatic carbocycles. The maximum atomic E-state index is 15.1. The number of hydrogen-bond acceptors (Lipinski definition) is 4. The number of alkyl halides is 5. The third-order valence-corrected chi connectivity index (χ3v) is 5.37. The highest BCUT2D eigenvalue weighted by Gasteiger charge is 2.41. The smallest absolute Gasteiger partial charge is 0.406 e. The SMILES string of the molecule is CC(OC(F)(F)c1nnc2ccc(-c3ccc(OC(F)(F)F)cc3)cn12)c1ccc(Cl)cc1Cl. The Kier molecular flexibility index (Phi) is 6.41. The molecule has 0 N–H and O–H groups in total. The highest BCUT2D eigenvalue weighted by Crippen LogP contribution is 2.37. The highest BCUT2D eigenvalue weighted by molar-refractivity contribution is 6.35. The zero-order chi connectivity index (χ0) is 24.7. The number of fused-ring (bicyclic) bond motifs is 1. The minimum atomic E-state index is -4.82. The molecule has 1 unspecified atom stereocenters. The van der Waals surface area contributed by atoms with Gasteiger partial charge in [-0.3, -0.25) is 4.40 Å². The zero-order valence-corrected chi connectivity index (χ0v) is 18.7. The zero-order valence-electron chi connectivity index (χ0n) is 17.2. The molecule has 0 spiro atoms. The molecule has 0 radical (unpaired) electrons. The Morgan fingerprint density at radius 3 is 2.21 bits per heavy atom. The van der Waals surface area contributed by atoms with Crippen molar-refractivity contribution in [2.24, 2.45) is 0 Å². The van der Waals surface area contributed by atoms with Gasteiger partial charge in [0.2, 0.25) is 5.82 Å². The normalized spacial score (nSPS) is 13.3. The van der Waals surface area contributed by atoms with Crippen LogP contribution in [0.4, 0.5) is 22.0 Å². The van der Waals surface area contributed by atoms with Crippen LogP contribution in [-0.2, 0) is 10.8 Å². The van der Waals surface area contributed by atoms with Crippen LogP contribution in [0.2, 0.25) is 10.0 Å². The molecule has 0 aliphatic heterocycles. The number of aromatic nitrogens is 3. The van der Waals surface area contributed by atoms with Gasteiger partial charge >= 0.3 is 12.5 Å². The third-order valence-electron chi connectivity index (χ3n) is 4.81. The summed E-state index contributed by atoms with van der Waals surface area (Å²) in [6.07, 6.45) is -8.46. The molecule has 5 nitrogen and oxygen atoms in total. The summed E-state index contributed by atoms with van der Waals surface area (Å²) < 4.78 is 77.1. The van der Waals surface area contributed by atoms with Crippen LogP contribution in [0, 0.1) is 0 Å². The first-order valence-corrected chi connectivity index (χ1v) is 10.4. The summed E-state index contributed by atoms with van der Waals surface area (Å²) in [5.74, 6) is -1.18. The van der Waals surface area contributed by atoms with Crippen LogP contribution in [0.3, 0.4) is 0 Å². The molecule has 2 aromatic carbocycles. The van der Waals surface area contributed by atoms with Gasteiger partial charge in [-0.25, -0.2) is 0 Å². The molecule has 2 heterocycles. The number of ether oxygens (including phenoxy) is 2. The molecular formula is C22H14Cl2F5N3O2. The average molecular weight is 518 g/mol. The van der Waals surface area contributed by atoms with E-state index in [2.05, 4.69) is 14.9 Å². The summed E-state index contributed by atoms with van der Waals surface area (Å²) in [6.45, 7) is 1.41. The Labute approximate surface area is 199 Å². The number of benzene rings is 2. The van der Waals surface area contributed by atoms with Crippen molar-refractivity contribution < 1.29 is 31.4 Å².